The number of aryl methyl sites for hydroxylation is 1. The van der Waals surface area contributed by atoms with E-state index < -0.39 is 17.0 Å². The lowest BCUT2D eigenvalue weighted by Gasteiger charge is -2.09. The summed E-state index contributed by atoms with van der Waals surface area (Å²) in [4.78, 5) is 23.1. The SMILES string of the molecule is CC(=O)c1nn(-c2ccc(I)cc2F)cc(C)c1=O. The van der Waals surface area contributed by atoms with Gasteiger partial charge in [0.25, 0.3) is 0 Å². The summed E-state index contributed by atoms with van der Waals surface area (Å²) in [5, 5.41) is 3.91. The molecule has 98 valence electrons. The molecule has 19 heavy (non-hydrogen) atoms. The fourth-order valence-corrected chi connectivity index (χ4v) is 2.08. The van der Waals surface area contributed by atoms with Crippen molar-refractivity contribution < 1.29 is 9.18 Å². The average molecular weight is 372 g/mol. The van der Waals surface area contributed by atoms with Gasteiger partial charge >= 0.3 is 0 Å². The number of hydrogen-bond acceptors (Lipinski definition) is 3. The second kappa shape index (κ2) is 5.20. The molecule has 0 amide bonds. The molecule has 1 aromatic heterocycles. The summed E-state index contributed by atoms with van der Waals surface area (Å²) in [7, 11) is 0. The van der Waals surface area contributed by atoms with Crippen LogP contribution in [0.3, 0.4) is 0 Å². The lowest BCUT2D eigenvalue weighted by Crippen LogP contribution is -2.22. The molecule has 0 aliphatic heterocycles. The minimum atomic E-state index is -0.461. The van der Waals surface area contributed by atoms with Crippen LogP contribution in [0.4, 0.5) is 4.39 Å². The first-order chi connectivity index (χ1) is 8.90. The van der Waals surface area contributed by atoms with Gasteiger partial charge in [-0.05, 0) is 47.7 Å². The van der Waals surface area contributed by atoms with Gasteiger partial charge in [0.05, 0.1) is 0 Å². The van der Waals surface area contributed by atoms with Crippen LogP contribution in [0.5, 0.6) is 0 Å². The molecule has 2 rings (SSSR count). The largest absolute Gasteiger partial charge is 0.293 e. The van der Waals surface area contributed by atoms with E-state index in [2.05, 4.69) is 5.10 Å². The monoisotopic (exact) mass is 372 g/mol. The van der Waals surface area contributed by atoms with E-state index in [1.165, 1.54) is 23.9 Å². The van der Waals surface area contributed by atoms with Gasteiger partial charge in [0, 0.05) is 22.3 Å². The summed E-state index contributed by atoms with van der Waals surface area (Å²) in [6.45, 7) is 2.83. The maximum Gasteiger partial charge on any atom is 0.214 e. The Hall–Kier alpha value is -1.57. The number of halogens is 2. The molecule has 0 atom stereocenters. The number of benzene rings is 1. The zero-order valence-corrected chi connectivity index (χ0v) is 12.4. The molecule has 0 spiro atoms. The zero-order chi connectivity index (χ0) is 14.2. The Morgan fingerprint density at radius 3 is 2.68 bits per heavy atom. The first-order valence-corrected chi connectivity index (χ1v) is 6.55. The van der Waals surface area contributed by atoms with Crippen LogP contribution < -0.4 is 5.43 Å². The number of rotatable bonds is 2. The van der Waals surface area contributed by atoms with Crippen molar-refractivity contribution in [1.82, 2.24) is 9.78 Å². The van der Waals surface area contributed by atoms with Crippen LogP contribution in [0.2, 0.25) is 0 Å². The van der Waals surface area contributed by atoms with E-state index >= 15 is 0 Å². The van der Waals surface area contributed by atoms with Crippen LogP contribution in [0.1, 0.15) is 23.0 Å². The van der Waals surface area contributed by atoms with Gasteiger partial charge in [0.15, 0.2) is 11.5 Å². The topological polar surface area (TPSA) is 52.0 Å². The second-order valence-electron chi connectivity index (χ2n) is 4.09. The zero-order valence-electron chi connectivity index (χ0n) is 10.3. The van der Waals surface area contributed by atoms with Crippen LogP contribution in [0.15, 0.2) is 29.2 Å². The van der Waals surface area contributed by atoms with E-state index in [4.69, 9.17) is 0 Å². The third-order valence-electron chi connectivity index (χ3n) is 2.59. The Morgan fingerprint density at radius 2 is 2.11 bits per heavy atom. The molecule has 0 fully saturated rings. The fourth-order valence-electron chi connectivity index (χ4n) is 1.63. The predicted octanol–water partition coefficient (Wildman–Crippen LogP) is 2.49. The third-order valence-corrected chi connectivity index (χ3v) is 3.26. The quantitative estimate of drug-likeness (QED) is 0.601. The standard InChI is InChI=1S/C13H10FIN2O2/c1-7-6-17(16-12(8(2)18)13(7)19)11-4-3-9(15)5-10(11)14/h3-6H,1-2H3. The van der Waals surface area contributed by atoms with E-state index in [-0.39, 0.29) is 11.4 Å². The molecule has 0 aliphatic carbocycles. The van der Waals surface area contributed by atoms with E-state index in [1.807, 2.05) is 22.6 Å². The first-order valence-electron chi connectivity index (χ1n) is 5.47. The molecule has 0 unspecified atom stereocenters. The predicted molar refractivity (Wildman–Crippen MR) is 77.3 cm³/mol. The molecule has 2 aromatic rings. The number of aromatic nitrogens is 2. The van der Waals surface area contributed by atoms with Crippen molar-refractivity contribution in [3.63, 3.8) is 0 Å². The Morgan fingerprint density at radius 1 is 1.42 bits per heavy atom. The van der Waals surface area contributed by atoms with E-state index in [1.54, 1.807) is 19.1 Å². The van der Waals surface area contributed by atoms with Crippen molar-refractivity contribution in [2.75, 3.05) is 0 Å². The van der Waals surface area contributed by atoms with Gasteiger partial charge in [0.2, 0.25) is 5.43 Å². The normalized spacial score (nSPS) is 10.5. The molecule has 0 aliphatic rings. The molecule has 0 N–H and O–H groups in total. The highest BCUT2D eigenvalue weighted by Gasteiger charge is 2.13. The van der Waals surface area contributed by atoms with Crippen LogP contribution in [0.25, 0.3) is 5.69 Å². The van der Waals surface area contributed by atoms with Gasteiger partial charge in [-0.3, -0.25) is 9.59 Å². The molecule has 1 heterocycles. The van der Waals surface area contributed by atoms with E-state index in [9.17, 15) is 14.0 Å². The Bertz CT molecular complexity index is 725. The molecule has 4 nitrogen and oxygen atoms in total. The smallest absolute Gasteiger partial charge is 0.214 e. The molecule has 0 bridgehead atoms. The minimum Gasteiger partial charge on any atom is -0.293 e. The lowest BCUT2D eigenvalue weighted by molar-refractivity contribution is 0.101. The van der Waals surface area contributed by atoms with Gasteiger partial charge in [-0.2, -0.15) is 5.10 Å². The summed E-state index contributed by atoms with van der Waals surface area (Å²) < 4.78 is 15.8. The number of hydrogen-bond donors (Lipinski definition) is 0. The van der Waals surface area contributed by atoms with Crippen LogP contribution in [0, 0.1) is 16.3 Å². The van der Waals surface area contributed by atoms with Crippen molar-refractivity contribution in [3.8, 4) is 5.69 Å². The number of carbonyl (C=O) groups excluding carboxylic acids is 1. The molecule has 0 saturated carbocycles. The van der Waals surface area contributed by atoms with Crippen molar-refractivity contribution in [2.24, 2.45) is 0 Å². The Balaban J connectivity index is 2.70. The van der Waals surface area contributed by atoms with Crippen molar-refractivity contribution in [1.29, 1.82) is 0 Å². The van der Waals surface area contributed by atoms with E-state index in [0.29, 0.717) is 5.56 Å². The Kier molecular flexibility index (Phi) is 3.79. The first kappa shape index (κ1) is 13.9. The summed E-state index contributed by atoms with van der Waals surface area (Å²) in [5.41, 5.74) is -0.0585. The van der Waals surface area contributed by atoms with Crippen LogP contribution >= 0.6 is 22.6 Å². The maximum absolute atomic E-state index is 13.9. The number of Topliss-reactive ketones (excluding diaryl/α,β-unsaturated/α-hetero) is 1. The molecule has 0 saturated heterocycles. The summed E-state index contributed by atoms with van der Waals surface area (Å²) in [6.07, 6.45) is 1.42. The summed E-state index contributed by atoms with van der Waals surface area (Å²) >= 11 is 2.00. The Labute approximate surface area is 122 Å². The number of ketones is 1. The number of carbonyl (C=O) groups is 1. The summed E-state index contributed by atoms with van der Waals surface area (Å²) in [5.74, 6) is -0.898. The molecule has 6 heteroatoms. The van der Waals surface area contributed by atoms with Gasteiger partial charge in [-0.15, -0.1) is 0 Å². The number of nitrogens with zero attached hydrogens (tertiary/aromatic N) is 2. The highest BCUT2D eigenvalue weighted by molar-refractivity contribution is 14.1. The van der Waals surface area contributed by atoms with Crippen LogP contribution in [-0.2, 0) is 0 Å². The third kappa shape index (κ3) is 2.73. The second-order valence-corrected chi connectivity index (χ2v) is 5.33. The van der Waals surface area contributed by atoms with Gasteiger partial charge < -0.3 is 0 Å². The highest BCUT2D eigenvalue weighted by Crippen LogP contribution is 2.15. The van der Waals surface area contributed by atoms with Gasteiger partial charge in [0.1, 0.15) is 11.5 Å². The van der Waals surface area contributed by atoms with Crippen molar-refractivity contribution in [2.45, 2.75) is 13.8 Å². The summed E-state index contributed by atoms with van der Waals surface area (Å²) in [6, 6.07) is 4.64. The molecule has 1 aromatic carbocycles. The highest BCUT2D eigenvalue weighted by atomic mass is 127. The van der Waals surface area contributed by atoms with Crippen LogP contribution in [-0.4, -0.2) is 15.6 Å². The van der Waals surface area contributed by atoms with Gasteiger partial charge in [-0.25, -0.2) is 9.07 Å². The fraction of sp³-hybridized carbons (Fsp3) is 0.154. The average Bonchev–Trinajstić information content (AvgIpc) is 2.32. The van der Waals surface area contributed by atoms with E-state index in [0.717, 1.165) is 3.57 Å². The molecular formula is C13H10FIN2O2. The molecular weight excluding hydrogens is 362 g/mol. The van der Waals surface area contributed by atoms with Gasteiger partial charge in [-0.1, -0.05) is 0 Å². The van der Waals surface area contributed by atoms with Crippen molar-refractivity contribution in [3.05, 3.63) is 55.3 Å². The minimum absolute atomic E-state index is 0.182. The lowest BCUT2D eigenvalue weighted by atomic mass is 10.2. The maximum atomic E-state index is 13.9. The molecule has 0 radical (unpaired) electrons. The van der Waals surface area contributed by atoms with Crippen molar-refractivity contribution >= 4 is 28.4 Å².